The molecule has 0 radical (unpaired) electrons. The molecule has 7 heteroatoms. The van der Waals surface area contributed by atoms with Gasteiger partial charge in [-0.3, -0.25) is 4.79 Å². The number of aliphatic hydroxyl groups is 1. The Morgan fingerprint density at radius 2 is 1.83 bits per heavy atom. The summed E-state index contributed by atoms with van der Waals surface area (Å²) >= 11 is 0. The zero-order chi connectivity index (χ0) is 20.9. The van der Waals surface area contributed by atoms with Gasteiger partial charge in [-0.2, -0.15) is 0 Å². The summed E-state index contributed by atoms with van der Waals surface area (Å²) < 4.78 is 15.0. The van der Waals surface area contributed by atoms with Crippen LogP contribution < -0.4 is 5.32 Å². The average molecular weight is 410 g/mol. The first-order valence-electron chi connectivity index (χ1n) is 10.4. The number of benzene rings is 2. The Hall–Kier alpha value is -2.77. The quantitative estimate of drug-likeness (QED) is 0.599. The molecule has 1 saturated heterocycles. The molecule has 0 aliphatic carbocycles. The van der Waals surface area contributed by atoms with Gasteiger partial charge in [0.25, 0.3) is 0 Å². The Balaban J connectivity index is 1.44. The highest BCUT2D eigenvalue weighted by Crippen LogP contribution is 2.18. The number of fused-ring (bicyclic) bond motifs is 1. The van der Waals surface area contributed by atoms with Gasteiger partial charge in [0.05, 0.1) is 30.1 Å². The minimum Gasteiger partial charge on any atom is -0.390 e. The van der Waals surface area contributed by atoms with Gasteiger partial charge < -0.3 is 19.9 Å². The second kappa shape index (κ2) is 9.36. The van der Waals surface area contributed by atoms with Crippen LogP contribution in [-0.4, -0.2) is 51.2 Å². The Labute approximate surface area is 175 Å². The molecule has 1 aromatic heterocycles. The number of hydrogen-bond donors (Lipinski definition) is 2. The monoisotopic (exact) mass is 410 g/mol. The molecule has 1 atom stereocenters. The summed E-state index contributed by atoms with van der Waals surface area (Å²) in [4.78, 5) is 19.4. The molecule has 158 valence electrons. The van der Waals surface area contributed by atoms with E-state index in [1.165, 1.54) is 25.0 Å². The summed E-state index contributed by atoms with van der Waals surface area (Å²) in [5.41, 5.74) is 2.56. The number of hydrogen-bond acceptors (Lipinski definition) is 4. The number of carbonyl (C=O) groups excluding carboxylic acids is 1. The van der Waals surface area contributed by atoms with Gasteiger partial charge in [0.2, 0.25) is 5.91 Å². The third-order valence-electron chi connectivity index (χ3n) is 5.52. The van der Waals surface area contributed by atoms with E-state index in [0.29, 0.717) is 25.5 Å². The van der Waals surface area contributed by atoms with Crippen molar-refractivity contribution in [1.29, 1.82) is 0 Å². The Morgan fingerprint density at radius 1 is 1.10 bits per heavy atom. The van der Waals surface area contributed by atoms with Crippen molar-refractivity contribution >= 4 is 16.9 Å². The summed E-state index contributed by atoms with van der Waals surface area (Å²) in [7, 11) is 0. The molecule has 6 nitrogen and oxygen atoms in total. The maximum Gasteiger partial charge on any atom is 0.227 e. The lowest BCUT2D eigenvalue weighted by atomic mass is 10.2. The van der Waals surface area contributed by atoms with Crippen molar-refractivity contribution in [2.45, 2.75) is 38.5 Å². The number of imidazole rings is 1. The van der Waals surface area contributed by atoms with Crippen LogP contribution in [0, 0.1) is 5.82 Å². The second-order valence-corrected chi connectivity index (χ2v) is 7.87. The lowest BCUT2D eigenvalue weighted by Gasteiger charge is -2.20. The topological polar surface area (TPSA) is 70.4 Å². The van der Waals surface area contributed by atoms with Crippen LogP contribution >= 0.6 is 0 Å². The van der Waals surface area contributed by atoms with Crippen molar-refractivity contribution in [3.8, 4) is 0 Å². The first kappa shape index (κ1) is 20.5. The molecule has 2 N–H and O–H groups in total. The number of halogens is 1. The summed E-state index contributed by atoms with van der Waals surface area (Å²) in [6.07, 6.45) is 1.95. The van der Waals surface area contributed by atoms with E-state index in [9.17, 15) is 14.3 Å². The zero-order valence-electron chi connectivity index (χ0n) is 16.9. The number of aromatic nitrogens is 2. The van der Waals surface area contributed by atoms with Crippen molar-refractivity contribution in [3.63, 3.8) is 0 Å². The maximum absolute atomic E-state index is 13.0. The number of amides is 1. The molecule has 2 aromatic carbocycles. The number of nitrogens with one attached hydrogen (secondary N) is 1. The molecule has 0 bridgehead atoms. The van der Waals surface area contributed by atoms with Gasteiger partial charge in [0.1, 0.15) is 11.6 Å². The van der Waals surface area contributed by atoms with Crippen LogP contribution in [0.15, 0.2) is 48.5 Å². The van der Waals surface area contributed by atoms with E-state index >= 15 is 0 Å². The molecule has 0 spiro atoms. The number of aliphatic hydroxyl groups excluding tert-OH is 1. The van der Waals surface area contributed by atoms with Gasteiger partial charge in [0.15, 0.2) is 0 Å². The summed E-state index contributed by atoms with van der Waals surface area (Å²) in [5.74, 6) is 0.171. The van der Waals surface area contributed by atoms with Crippen LogP contribution in [0.4, 0.5) is 4.39 Å². The second-order valence-electron chi connectivity index (χ2n) is 7.87. The summed E-state index contributed by atoms with van der Waals surface area (Å²) in [5, 5.41) is 13.5. The predicted octanol–water partition coefficient (Wildman–Crippen LogP) is 2.49. The summed E-state index contributed by atoms with van der Waals surface area (Å²) in [6.45, 7) is 3.41. The average Bonchev–Trinajstić information content (AvgIpc) is 3.36. The highest BCUT2D eigenvalue weighted by Gasteiger charge is 2.20. The largest absolute Gasteiger partial charge is 0.390 e. The molecular formula is C23H27FN4O2. The molecule has 1 aliphatic rings. The number of rotatable bonds is 8. The van der Waals surface area contributed by atoms with E-state index in [0.717, 1.165) is 29.7 Å². The van der Waals surface area contributed by atoms with Crippen molar-refractivity contribution in [2.24, 2.45) is 0 Å². The van der Waals surface area contributed by atoms with Gasteiger partial charge in [-0.05, 0) is 55.8 Å². The third-order valence-corrected chi connectivity index (χ3v) is 5.52. The van der Waals surface area contributed by atoms with Crippen molar-refractivity contribution in [3.05, 3.63) is 65.7 Å². The van der Waals surface area contributed by atoms with Crippen molar-refractivity contribution in [2.75, 3.05) is 19.6 Å². The molecule has 1 amide bonds. The number of carbonyl (C=O) groups is 1. The Morgan fingerprint density at radius 3 is 2.60 bits per heavy atom. The lowest BCUT2D eigenvalue weighted by molar-refractivity contribution is -0.120. The molecule has 30 heavy (non-hydrogen) atoms. The third kappa shape index (κ3) is 5.04. The fourth-order valence-electron chi connectivity index (χ4n) is 4.00. The van der Waals surface area contributed by atoms with Crippen LogP contribution in [0.3, 0.4) is 0 Å². The van der Waals surface area contributed by atoms with Crippen LogP contribution in [-0.2, 0) is 24.3 Å². The SMILES string of the molecule is O=C(Cc1nc2ccccc2n1CC(O)CN1CCCC1)NCc1ccc(F)cc1. The van der Waals surface area contributed by atoms with Gasteiger partial charge >= 0.3 is 0 Å². The predicted molar refractivity (Wildman–Crippen MR) is 113 cm³/mol. The van der Waals surface area contributed by atoms with Gasteiger partial charge in [-0.25, -0.2) is 9.37 Å². The lowest BCUT2D eigenvalue weighted by Crippen LogP contribution is -2.33. The van der Waals surface area contributed by atoms with Crippen LogP contribution in [0.2, 0.25) is 0 Å². The highest BCUT2D eigenvalue weighted by molar-refractivity contribution is 5.81. The molecule has 1 unspecified atom stereocenters. The van der Waals surface area contributed by atoms with Crippen molar-refractivity contribution < 1.29 is 14.3 Å². The van der Waals surface area contributed by atoms with E-state index in [1.54, 1.807) is 12.1 Å². The van der Waals surface area contributed by atoms with E-state index in [4.69, 9.17) is 0 Å². The fourth-order valence-corrected chi connectivity index (χ4v) is 4.00. The molecular weight excluding hydrogens is 383 g/mol. The first-order valence-corrected chi connectivity index (χ1v) is 10.4. The fraction of sp³-hybridized carbons (Fsp3) is 0.391. The van der Waals surface area contributed by atoms with E-state index in [-0.39, 0.29) is 18.1 Å². The standard InChI is InChI=1S/C23H27FN4O2/c24-18-9-7-17(8-10-18)14-25-23(30)13-22-26-20-5-1-2-6-21(20)28(22)16-19(29)15-27-11-3-4-12-27/h1-2,5-10,19,29H,3-4,11-16H2,(H,25,30). The van der Waals surface area contributed by atoms with Crippen LogP contribution in [0.5, 0.6) is 0 Å². The zero-order valence-corrected chi connectivity index (χ0v) is 16.9. The number of nitrogens with zero attached hydrogens (tertiary/aromatic N) is 3. The minimum atomic E-state index is -0.526. The van der Waals surface area contributed by atoms with E-state index in [1.807, 2.05) is 28.8 Å². The first-order chi connectivity index (χ1) is 14.6. The normalized spacial score (nSPS) is 15.5. The van der Waals surface area contributed by atoms with Crippen LogP contribution in [0.1, 0.15) is 24.2 Å². The Bertz CT molecular complexity index is 996. The molecule has 1 aliphatic heterocycles. The van der Waals surface area contributed by atoms with E-state index in [2.05, 4.69) is 15.2 Å². The number of likely N-dealkylation sites (tertiary alicyclic amines) is 1. The Kier molecular flexibility index (Phi) is 6.40. The smallest absolute Gasteiger partial charge is 0.227 e. The number of β-amino-alcohol motifs (C(OH)–C–C–N with tert-alkyl or cyclic N) is 1. The highest BCUT2D eigenvalue weighted by atomic mass is 19.1. The van der Waals surface area contributed by atoms with Crippen molar-refractivity contribution in [1.82, 2.24) is 19.8 Å². The molecule has 2 heterocycles. The van der Waals surface area contributed by atoms with Gasteiger partial charge in [-0.1, -0.05) is 24.3 Å². The minimum absolute atomic E-state index is 0.117. The van der Waals surface area contributed by atoms with Gasteiger partial charge in [-0.15, -0.1) is 0 Å². The molecule has 4 rings (SSSR count). The summed E-state index contributed by atoms with van der Waals surface area (Å²) in [6, 6.07) is 13.8. The molecule has 0 saturated carbocycles. The van der Waals surface area contributed by atoms with Crippen LogP contribution in [0.25, 0.3) is 11.0 Å². The number of para-hydroxylation sites is 2. The molecule has 3 aromatic rings. The molecule has 1 fully saturated rings. The van der Waals surface area contributed by atoms with E-state index < -0.39 is 6.10 Å². The maximum atomic E-state index is 13.0. The van der Waals surface area contributed by atoms with Gasteiger partial charge in [0, 0.05) is 13.1 Å².